The Kier molecular flexibility index (Phi) is 5.94. The van der Waals surface area contributed by atoms with Crippen molar-refractivity contribution in [1.29, 1.82) is 0 Å². The number of fused-ring (bicyclic) bond motifs is 1. The molecule has 4 heteroatoms. The minimum atomic E-state index is -0.297. The van der Waals surface area contributed by atoms with Gasteiger partial charge in [-0.1, -0.05) is 27.7 Å². The number of methoxy groups -OCH3 is 1. The molecule has 0 aliphatic rings. The predicted molar refractivity (Wildman–Crippen MR) is 85.8 cm³/mol. The second-order valence-corrected chi connectivity index (χ2v) is 4.86. The van der Waals surface area contributed by atoms with E-state index in [0.717, 1.165) is 0 Å². The first-order chi connectivity index (χ1) is 9.99. The van der Waals surface area contributed by atoms with Gasteiger partial charge in [0.15, 0.2) is 0 Å². The van der Waals surface area contributed by atoms with Gasteiger partial charge in [0.25, 0.3) is 5.56 Å². The van der Waals surface area contributed by atoms with Crippen LogP contribution in [-0.2, 0) is 6.54 Å². The Hall–Kier alpha value is -1.84. The minimum absolute atomic E-state index is 0.0325. The average molecular weight is 293 g/mol. The van der Waals surface area contributed by atoms with Crippen LogP contribution in [0.1, 0.15) is 46.1 Å². The van der Waals surface area contributed by atoms with E-state index in [1.54, 1.807) is 16.8 Å². The van der Waals surface area contributed by atoms with Gasteiger partial charge in [0, 0.05) is 18.1 Å². The zero-order chi connectivity index (χ0) is 16.2. The zero-order valence-corrected chi connectivity index (χ0v) is 13.7. The Morgan fingerprint density at radius 2 is 1.86 bits per heavy atom. The van der Waals surface area contributed by atoms with Crippen LogP contribution >= 0.6 is 0 Å². The smallest absolute Gasteiger partial charge is 0.258 e. The van der Waals surface area contributed by atoms with Gasteiger partial charge >= 0.3 is 0 Å². The fraction of sp³-hybridized carbons (Fsp3) is 0.471. The van der Waals surface area contributed by atoms with Crippen molar-refractivity contribution in [2.24, 2.45) is 0 Å². The predicted octanol–water partition coefficient (Wildman–Crippen LogP) is 4.32. The summed E-state index contributed by atoms with van der Waals surface area (Å²) >= 11 is 0. The summed E-state index contributed by atoms with van der Waals surface area (Å²) < 4.78 is 20.9. The highest BCUT2D eigenvalue weighted by molar-refractivity contribution is 5.88. The molecule has 1 aromatic carbocycles. The highest BCUT2D eigenvalue weighted by atomic mass is 19.1. The van der Waals surface area contributed by atoms with E-state index in [-0.39, 0.29) is 17.3 Å². The van der Waals surface area contributed by atoms with Gasteiger partial charge < -0.3 is 9.30 Å². The van der Waals surface area contributed by atoms with Crippen molar-refractivity contribution >= 4 is 10.8 Å². The third-order valence-electron chi connectivity index (χ3n) is 3.35. The van der Waals surface area contributed by atoms with E-state index < -0.39 is 0 Å². The van der Waals surface area contributed by atoms with Crippen molar-refractivity contribution in [2.45, 2.75) is 47.1 Å². The fourth-order valence-corrected chi connectivity index (χ4v) is 2.24. The number of halogens is 1. The summed E-state index contributed by atoms with van der Waals surface area (Å²) in [4.78, 5) is 12.3. The van der Waals surface area contributed by atoms with Crippen molar-refractivity contribution in [3.63, 3.8) is 0 Å². The summed E-state index contributed by atoms with van der Waals surface area (Å²) in [5.41, 5.74) is 0.445. The number of rotatable bonds is 3. The summed E-state index contributed by atoms with van der Waals surface area (Å²) in [5, 5.41) is 1.03. The Balaban J connectivity index is 0.00000106. The second-order valence-electron chi connectivity index (χ2n) is 4.86. The number of benzene rings is 1. The molecule has 0 aliphatic heterocycles. The molecule has 0 atom stereocenters. The first-order valence-corrected chi connectivity index (χ1v) is 7.40. The first-order valence-electron chi connectivity index (χ1n) is 7.40. The summed E-state index contributed by atoms with van der Waals surface area (Å²) in [7, 11) is 1.52. The number of ether oxygens (including phenoxy) is 1. The maximum Gasteiger partial charge on any atom is 0.258 e. The summed E-state index contributed by atoms with van der Waals surface area (Å²) in [6.45, 7) is 10.3. The zero-order valence-electron chi connectivity index (χ0n) is 13.7. The Bertz CT molecular complexity index is 675. The van der Waals surface area contributed by atoms with Gasteiger partial charge in [-0.15, -0.1) is 0 Å². The van der Waals surface area contributed by atoms with Crippen LogP contribution in [0.5, 0.6) is 5.75 Å². The standard InChI is InChI=1S/C15H18FNO2.C2H6/c1-5-17-8-14(19-4)11-7-13(16)10(9(2)3)6-12(11)15(17)18;1-2/h6-9H,5H2,1-4H3;1-2H3. The van der Waals surface area contributed by atoms with Crippen LogP contribution in [0.2, 0.25) is 0 Å². The average Bonchev–Trinajstić information content (AvgIpc) is 2.49. The largest absolute Gasteiger partial charge is 0.495 e. The van der Waals surface area contributed by atoms with E-state index in [2.05, 4.69) is 0 Å². The van der Waals surface area contributed by atoms with Gasteiger partial charge in [0.1, 0.15) is 11.6 Å². The van der Waals surface area contributed by atoms with E-state index in [0.29, 0.717) is 28.6 Å². The van der Waals surface area contributed by atoms with E-state index in [9.17, 15) is 9.18 Å². The van der Waals surface area contributed by atoms with Crippen LogP contribution < -0.4 is 10.3 Å². The molecule has 3 nitrogen and oxygen atoms in total. The van der Waals surface area contributed by atoms with Gasteiger partial charge in [-0.3, -0.25) is 4.79 Å². The highest BCUT2D eigenvalue weighted by Gasteiger charge is 2.14. The van der Waals surface area contributed by atoms with Gasteiger partial charge in [0.05, 0.1) is 12.5 Å². The van der Waals surface area contributed by atoms with Crippen molar-refractivity contribution in [3.05, 3.63) is 40.1 Å². The lowest BCUT2D eigenvalue weighted by atomic mass is 9.99. The van der Waals surface area contributed by atoms with Crippen LogP contribution in [0.3, 0.4) is 0 Å². The molecule has 0 N–H and O–H groups in total. The van der Waals surface area contributed by atoms with Crippen LogP contribution in [-0.4, -0.2) is 11.7 Å². The first kappa shape index (κ1) is 17.2. The van der Waals surface area contributed by atoms with Gasteiger partial charge in [0.2, 0.25) is 0 Å². The molecule has 2 rings (SSSR count). The number of hydrogen-bond donors (Lipinski definition) is 0. The molecule has 0 amide bonds. The molecule has 21 heavy (non-hydrogen) atoms. The van der Waals surface area contributed by atoms with Crippen molar-refractivity contribution < 1.29 is 9.13 Å². The number of nitrogens with zero attached hydrogens (tertiary/aromatic N) is 1. The highest BCUT2D eigenvalue weighted by Crippen LogP contribution is 2.28. The van der Waals surface area contributed by atoms with Crippen LogP contribution in [0, 0.1) is 5.82 Å². The maximum atomic E-state index is 14.0. The van der Waals surface area contributed by atoms with Crippen molar-refractivity contribution in [1.82, 2.24) is 4.57 Å². The third-order valence-corrected chi connectivity index (χ3v) is 3.35. The third kappa shape index (κ3) is 3.26. The molecule has 0 aliphatic carbocycles. The molecule has 116 valence electrons. The fourth-order valence-electron chi connectivity index (χ4n) is 2.24. The molecule has 1 aromatic heterocycles. The van der Waals surface area contributed by atoms with Gasteiger partial charge in [-0.05, 0) is 30.5 Å². The summed E-state index contributed by atoms with van der Waals surface area (Å²) in [6.07, 6.45) is 1.62. The summed E-state index contributed by atoms with van der Waals surface area (Å²) in [6, 6.07) is 3.04. The lowest BCUT2D eigenvalue weighted by molar-refractivity contribution is 0.414. The molecule has 1 heterocycles. The van der Waals surface area contributed by atoms with E-state index >= 15 is 0 Å². The van der Waals surface area contributed by atoms with Crippen molar-refractivity contribution in [2.75, 3.05) is 7.11 Å². The van der Waals surface area contributed by atoms with Gasteiger partial charge in [-0.25, -0.2) is 4.39 Å². The molecule has 0 radical (unpaired) electrons. The molecule has 0 saturated carbocycles. The quantitative estimate of drug-likeness (QED) is 0.844. The van der Waals surface area contributed by atoms with Crippen LogP contribution in [0.15, 0.2) is 23.1 Å². The molecule has 0 spiro atoms. The number of hydrogen-bond acceptors (Lipinski definition) is 2. The number of aromatic nitrogens is 1. The lowest BCUT2D eigenvalue weighted by Crippen LogP contribution is -2.19. The topological polar surface area (TPSA) is 31.2 Å². The monoisotopic (exact) mass is 293 g/mol. The molecule has 0 fully saturated rings. The summed E-state index contributed by atoms with van der Waals surface area (Å²) in [5.74, 6) is 0.255. The molecule has 0 bridgehead atoms. The van der Waals surface area contributed by atoms with Crippen LogP contribution in [0.4, 0.5) is 4.39 Å². The van der Waals surface area contributed by atoms with E-state index in [4.69, 9.17) is 4.74 Å². The van der Waals surface area contributed by atoms with Gasteiger partial charge in [-0.2, -0.15) is 0 Å². The molecule has 2 aromatic rings. The SMILES string of the molecule is CC.CCn1cc(OC)c2cc(F)c(C(C)C)cc2c1=O. The molecule has 0 saturated heterocycles. The minimum Gasteiger partial charge on any atom is -0.495 e. The second kappa shape index (κ2) is 7.25. The van der Waals surface area contributed by atoms with E-state index in [1.807, 2.05) is 34.6 Å². The Morgan fingerprint density at radius 3 is 2.33 bits per heavy atom. The number of aryl methyl sites for hydroxylation is 1. The molecular weight excluding hydrogens is 269 g/mol. The number of pyridine rings is 1. The Labute approximate surface area is 125 Å². The molecule has 0 unspecified atom stereocenters. The Morgan fingerprint density at radius 1 is 1.24 bits per heavy atom. The normalized spacial score (nSPS) is 10.5. The van der Waals surface area contributed by atoms with Crippen LogP contribution in [0.25, 0.3) is 10.8 Å². The van der Waals surface area contributed by atoms with E-state index in [1.165, 1.54) is 13.2 Å². The molecular formula is C17H24FNO2. The van der Waals surface area contributed by atoms with Crippen molar-refractivity contribution in [3.8, 4) is 5.75 Å². The maximum absolute atomic E-state index is 14.0. The lowest BCUT2D eigenvalue weighted by Gasteiger charge is -2.13.